The molecular formula is C81H145NO13. The number of hydrogen-bond donors (Lipinski definition) is 9. The van der Waals surface area contributed by atoms with Gasteiger partial charge in [-0.3, -0.25) is 4.79 Å². The lowest BCUT2D eigenvalue weighted by molar-refractivity contribution is -0.359. The van der Waals surface area contributed by atoms with E-state index in [9.17, 15) is 45.6 Å². The van der Waals surface area contributed by atoms with Gasteiger partial charge in [0, 0.05) is 6.42 Å². The molecule has 9 N–H and O–H groups in total. The molecule has 12 atom stereocenters. The van der Waals surface area contributed by atoms with Crippen molar-refractivity contribution in [1.29, 1.82) is 0 Å². The molecule has 0 saturated carbocycles. The second kappa shape index (κ2) is 64.5. The summed E-state index contributed by atoms with van der Waals surface area (Å²) in [5, 5.41) is 87.6. The number of carbonyl (C=O) groups is 1. The van der Waals surface area contributed by atoms with Gasteiger partial charge in [-0.2, -0.15) is 0 Å². The molecule has 14 nitrogen and oxygen atoms in total. The highest BCUT2D eigenvalue weighted by Gasteiger charge is 2.51. The van der Waals surface area contributed by atoms with Gasteiger partial charge < -0.3 is 65.1 Å². The first-order valence-electron chi connectivity index (χ1n) is 39.3. The van der Waals surface area contributed by atoms with Gasteiger partial charge in [-0.25, -0.2) is 0 Å². The lowest BCUT2D eigenvalue weighted by Crippen LogP contribution is -2.65. The maximum atomic E-state index is 13.4. The van der Waals surface area contributed by atoms with E-state index >= 15 is 0 Å². The van der Waals surface area contributed by atoms with Gasteiger partial charge in [-0.15, -0.1) is 0 Å². The highest BCUT2D eigenvalue weighted by molar-refractivity contribution is 5.76. The van der Waals surface area contributed by atoms with Crippen molar-refractivity contribution in [1.82, 2.24) is 5.32 Å². The Morgan fingerprint density at radius 2 is 0.737 bits per heavy atom. The largest absolute Gasteiger partial charge is 0.394 e. The molecule has 0 spiro atoms. The standard InChI is InChI=1S/C81H145NO13/c1-3-5-7-9-11-13-15-17-19-21-23-25-27-29-31-33-34-35-37-38-40-42-44-46-48-50-52-54-56-58-60-62-64-70(85)69(68-92-80-78(91)76(89)79(72(67-84)94-80)95-81-77(90)75(88)74(87)71(66-83)93-81)82-73(86)65-63-61-59-57-55-53-51-49-47-45-43-41-39-36-32-30-28-26-24-22-20-18-16-14-12-10-8-6-4-2/h6,8,12,14,18,20,24,26,30,32,54,56,62,64,69-72,74-81,83-85,87-91H,3-5,7,9-11,13,15-17,19,21-23,25,27-29,31,33-53,55,57-61,63,65-68H2,1-2H3,(H,82,86)/b8-6-,14-12-,20-18-,26-24-,32-30-,56-54+,64-62+. The van der Waals surface area contributed by atoms with E-state index in [1.165, 1.54) is 225 Å². The summed E-state index contributed by atoms with van der Waals surface area (Å²) in [7, 11) is 0. The Morgan fingerprint density at radius 3 is 1.16 bits per heavy atom. The predicted octanol–water partition coefficient (Wildman–Crippen LogP) is 17.5. The summed E-state index contributed by atoms with van der Waals surface area (Å²) in [4.78, 5) is 13.4. The van der Waals surface area contributed by atoms with E-state index in [4.69, 9.17) is 18.9 Å². The fourth-order valence-electron chi connectivity index (χ4n) is 12.6. The lowest BCUT2D eigenvalue weighted by Gasteiger charge is -2.46. The molecule has 0 radical (unpaired) electrons. The van der Waals surface area contributed by atoms with Gasteiger partial charge >= 0.3 is 0 Å². The first-order chi connectivity index (χ1) is 46.6. The molecule has 2 aliphatic rings. The number of aliphatic hydroxyl groups is 8. The third-order valence-corrected chi connectivity index (χ3v) is 18.8. The third-order valence-electron chi connectivity index (χ3n) is 18.8. The number of carbonyl (C=O) groups excluding carboxylic acids is 1. The van der Waals surface area contributed by atoms with Gasteiger partial charge in [-0.1, -0.05) is 330 Å². The molecule has 0 aliphatic carbocycles. The zero-order chi connectivity index (χ0) is 68.7. The zero-order valence-electron chi connectivity index (χ0n) is 60.4. The molecule has 0 aromatic carbocycles. The first kappa shape index (κ1) is 88.3. The minimum Gasteiger partial charge on any atom is -0.394 e. The molecule has 0 aromatic rings. The lowest BCUT2D eigenvalue weighted by atomic mass is 9.97. The van der Waals surface area contributed by atoms with Gasteiger partial charge in [0.15, 0.2) is 12.6 Å². The second-order valence-electron chi connectivity index (χ2n) is 27.4. The Bertz CT molecular complexity index is 1920. The number of ether oxygens (including phenoxy) is 4. The molecule has 12 unspecified atom stereocenters. The van der Waals surface area contributed by atoms with E-state index in [-0.39, 0.29) is 18.9 Å². The summed E-state index contributed by atoms with van der Waals surface area (Å²) in [6.45, 7) is 2.71. The minimum atomic E-state index is -1.80. The number of amides is 1. The van der Waals surface area contributed by atoms with Gasteiger partial charge in [0.2, 0.25) is 5.91 Å². The van der Waals surface area contributed by atoms with Crippen molar-refractivity contribution in [2.75, 3.05) is 19.8 Å². The Hall–Kier alpha value is -2.83. The van der Waals surface area contributed by atoms with E-state index < -0.39 is 86.8 Å². The molecule has 2 saturated heterocycles. The van der Waals surface area contributed by atoms with Crippen LogP contribution in [-0.4, -0.2) is 140 Å². The van der Waals surface area contributed by atoms with E-state index in [0.29, 0.717) is 12.8 Å². The van der Waals surface area contributed by atoms with Crippen LogP contribution < -0.4 is 5.32 Å². The quantitative estimate of drug-likeness (QED) is 0.0204. The Morgan fingerprint density at radius 1 is 0.389 bits per heavy atom. The van der Waals surface area contributed by atoms with E-state index in [1.807, 2.05) is 6.08 Å². The number of rotatable bonds is 65. The van der Waals surface area contributed by atoms with Gasteiger partial charge in [-0.05, 0) is 77.0 Å². The molecule has 14 heteroatoms. The number of aliphatic hydroxyl groups excluding tert-OH is 8. The van der Waals surface area contributed by atoms with E-state index in [1.54, 1.807) is 6.08 Å². The summed E-state index contributed by atoms with van der Waals surface area (Å²) in [6, 6.07) is -0.939. The molecule has 0 aromatic heterocycles. The van der Waals surface area contributed by atoms with Crippen molar-refractivity contribution in [3.05, 3.63) is 85.1 Å². The van der Waals surface area contributed by atoms with Crippen LogP contribution in [-0.2, 0) is 23.7 Å². The van der Waals surface area contributed by atoms with Crippen LogP contribution in [0.25, 0.3) is 0 Å². The average Bonchev–Trinajstić information content (AvgIpc) is 0.801. The SMILES string of the molecule is CC/C=C\C/C=C\C/C=C\C/C=C\C/C=C\CCCCCCCCCCCCCCCC(=O)NC(COC1OC(CO)C(OC2OC(CO)C(O)C(O)C2O)C(O)C1O)C(O)/C=C/CC/C=C/CCCCCCCCCCCCCCCCCCCCCCCCCCCC. The average molecular weight is 1340 g/mol. The number of unbranched alkanes of at least 4 members (excludes halogenated alkanes) is 40. The van der Waals surface area contributed by atoms with Crippen LogP contribution in [0, 0.1) is 0 Å². The van der Waals surface area contributed by atoms with Gasteiger partial charge in [0.25, 0.3) is 0 Å². The van der Waals surface area contributed by atoms with Crippen LogP contribution in [0.3, 0.4) is 0 Å². The van der Waals surface area contributed by atoms with E-state index in [0.717, 1.165) is 70.6 Å². The molecule has 2 aliphatic heterocycles. The Kier molecular flexibility index (Phi) is 60.0. The minimum absolute atomic E-state index is 0.249. The summed E-state index contributed by atoms with van der Waals surface area (Å²) >= 11 is 0. The van der Waals surface area contributed by atoms with Crippen molar-refractivity contribution in [3.8, 4) is 0 Å². The number of hydrogen-bond acceptors (Lipinski definition) is 13. The highest BCUT2D eigenvalue weighted by atomic mass is 16.7. The molecule has 95 heavy (non-hydrogen) atoms. The molecule has 2 rings (SSSR count). The molecule has 2 fully saturated rings. The van der Waals surface area contributed by atoms with E-state index in [2.05, 4.69) is 92.1 Å². The maximum absolute atomic E-state index is 13.4. The molecule has 1 amide bonds. The molecular weight excluding hydrogens is 1190 g/mol. The van der Waals surface area contributed by atoms with Gasteiger partial charge in [0.05, 0.1) is 32.0 Å². The van der Waals surface area contributed by atoms with Crippen LogP contribution in [0.5, 0.6) is 0 Å². The summed E-state index contributed by atoms with van der Waals surface area (Å²) in [5.74, 6) is -0.249. The molecule has 2 heterocycles. The zero-order valence-corrected chi connectivity index (χ0v) is 60.4. The van der Waals surface area contributed by atoms with Crippen molar-refractivity contribution in [2.24, 2.45) is 0 Å². The Balaban J connectivity index is 1.65. The maximum Gasteiger partial charge on any atom is 0.220 e. The fraction of sp³-hybridized carbons (Fsp3) is 0.815. The van der Waals surface area contributed by atoms with Crippen molar-refractivity contribution >= 4 is 5.91 Å². The second-order valence-corrected chi connectivity index (χ2v) is 27.4. The van der Waals surface area contributed by atoms with Crippen molar-refractivity contribution in [2.45, 2.75) is 402 Å². The summed E-state index contributed by atoms with van der Waals surface area (Å²) < 4.78 is 22.9. The normalized spacial score (nSPS) is 22.8. The predicted molar refractivity (Wildman–Crippen MR) is 392 cm³/mol. The molecule has 0 bridgehead atoms. The van der Waals surface area contributed by atoms with Crippen molar-refractivity contribution < 1.29 is 64.6 Å². The third kappa shape index (κ3) is 47.8. The number of allylic oxidation sites excluding steroid dienone is 13. The van der Waals surface area contributed by atoms with Crippen LogP contribution in [0.2, 0.25) is 0 Å². The van der Waals surface area contributed by atoms with Crippen LogP contribution >= 0.6 is 0 Å². The fourth-order valence-corrected chi connectivity index (χ4v) is 12.6. The Labute approximate surface area is 580 Å². The highest BCUT2D eigenvalue weighted by Crippen LogP contribution is 2.30. The monoisotopic (exact) mass is 1340 g/mol. The topological polar surface area (TPSA) is 228 Å². The number of nitrogens with one attached hydrogen (secondary N) is 1. The van der Waals surface area contributed by atoms with Crippen molar-refractivity contribution in [3.63, 3.8) is 0 Å². The van der Waals surface area contributed by atoms with Crippen LogP contribution in [0.1, 0.15) is 328 Å². The summed E-state index contributed by atoms with van der Waals surface area (Å²) in [6.07, 6.45) is 73.8. The summed E-state index contributed by atoms with van der Waals surface area (Å²) in [5.41, 5.74) is 0. The smallest absolute Gasteiger partial charge is 0.220 e. The first-order valence-corrected chi connectivity index (χ1v) is 39.3. The molecule has 552 valence electrons. The van der Waals surface area contributed by atoms with Gasteiger partial charge in [0.1, 0.15) is 48.8 Å². The van der Waals surface area contributed by atoms with Crippen LogP contribution in [0.4, 0.5) is 0 Å². The van der Waals surface area contributed by atoms with Crippen LogP contribution in [0.15, 0.2) is 85.1 Å².